The molecule has 4 heteroatoms. The third-order valence-electron chi connectivity index (χ3n) is 3.40. The van der Waals surface area contributed by atoms with Gasteiger partial charge in [0.05, 0.1) is 0 Å². The summed E-state index contributed by atoms with van der Waals surface area (Å²) in [5, 5.41) is 20.9. The van der Waals surface area contributed by atoms with Gasteiger partial charge in [-0.1, -0.05) is 55.4 Å². The smallest absolute Gasteiger partial charge is 0.187 e. The van der Waals surface area contributed by atoms with E-state index in [9.17, 15) is 0 Å². The molecule has 0 bridgehead atoms. The molecule has 0 fully saturated rings. The predicted molar refractivity (Wildman–Crippen MR) is 85.2 cm³/mol. The number of ether oxygens (including phenoxy) is 1. The Balaban J connectivity index is 2.19. The Hall–Kier alpha value is -2.80. The van der Waals surface area contributed by atoms with Gasteiger partial charge in [-0.05, 0) is 29.2 Å². The Bertz CT molecular complexity index is 715. The van der Waals surface area contributed by atoms with Crippen LogP contribution in [0.2, 0.25) is 0 Å². The first-order valence-electron chi connectivity index (χ1n) is 7.09. The molecule has 0 radical (unpaired) electrons. The molecule has 0 aromatic heterocycles. The minimum absolute atomic E-state index is 0.0184. The molecule has 22 heavy (non-hydrogen) atoms. The zero-order valence-corrected chi connectivity index (χ0v) is 12.7. The molecule has 0 saturated heterocycles. The number of nitriles is 1. The van der Waals surface area contributed by atoms with Gasteiger partial charge in [0.2, 0.25) is 0 Å². The standard InChI is InChI=1S/C18H18N2O2/c1-13(2)14-7-5-8-16(10-14)22-12-15-6-3-4-9-17(15)18(11-19)20-21/h3-10,13,21H,12H2,1-2H3/b20-18-. The van der Waals surface area contributed by atoms with Crippen molar-refractivity contribution in [2.24, 2.45) is 5.16 Å². The van der Waals surface area contributed by atoms with Crippen molar-refractivity contribution in [2.75, 3.05) is 0 Å². The Morgan fingerprint density at radius 2 is 2.00 bits per heavy atom. The second-order valence-electron chi connectivity index (χ2n) is 5.23. The van der Waals surface area contributed by atoms with E-state index in [1.807, 2.05) is 36.4 Å². The summed E-state index contributed by atoms with van der Waals surface area (Å²) in [6.07, 6.45) is 0. The average Bonchev–Trinajstić information content (AvgIpc) is 2.55. The fraction of sp³-hybridized carbons (Fsp3) is 0.222. The predicted octanol–water partition coefficient (Wildman–Crippen LogP) is 4.09. The highest BCUT2D eigenvalue weighted by atomic mass is 16.5. The summed E-state index contributed by atoms with van der Waals surface area (Å²) in [6, 6.07) is 17.1. The zero-order chi connectivity index (χ0) is 15.9. The summed E-state index contributed by atoms with van der Waals surface area (Å²) < 4.78 is 5.82. The third-order valence-corrected chi connectivity index (χ3v) is 3.40. The lowest BCUT2D eigenvalue weighted by molar-refractivity contribution is 0.305. The topological polar surface area (TPSA) is 65.6 Å². The van der Waals surface area contributed by atoms with Gasteiger partial charge in [-0.3, -0.25) is 0 Å². The van der Waals surface area contributed by atoms with Crippen LogP contribution in [0.1, 0.15) is 36.5 Å². The lowest BCUT2D eigenvalue weighted by Crippen LogP contribution is -2.06. The Kier molecular flexibility index (Phi) is 5.16. The molecule has 0 aliphatic rings. The van der Waals surface area contributed by atoms with Gasteiger partial charge in [0, 0.05) is 5.56 Å². The minimum Gasteiger partial charge on any atom is -0.489 e. The molecule has 1 N–H and O–H groups in total. The van der Waals surface area contributed by atoms with Gasteiger partial charge in [-0.15, -0.1) is 0 Å². The van der Waals surface area contributed by atoms with E-state index in [0.29, 0.717) is 18.1 Å². The van der Waals surface area contributed by atoms with Gasteiger partial charge in [0.25, 0.3) is 0 Å². The normalized spacial score (nSPS) is 11.3. The molecule has 2 aromatic rings. The average molecular weight is 294 g/mol. The number of rotatable bonds is 5. The number of hydrogen-bond acceptors (Lipinski definition) is 4. The third kappa shape index (κ3) is 3.64. The molecule has 2 aromatic carbocycles. The molecular weight excluding hydrogens is 276 g/mol. The van der Waals surface area contributed by atoms with Crippen molar-refractivity contribution in [1.82, 2.24) is 0 Å². The molecule has 2 rings (SSSR count). The number of benzene rings is 2. The lowest BCUT2D eigenvalue weighted by Gasteiger charge is -2.11. The van der Waals surface area contributed by atoms with Crippen molar-refractivity contribution in [1.29, 1.82) is 5.26 Å². The van der Waals surface area contributed by atoms with Crippen molar-refractivity contribution >= 4 is 5.71 Å². The Labute approximate surface area is 130 Å². The number of hydrogen-bond donors (Lipinski definition) is 1. The molecule has 0 amide bonds. The second-order valence-corrected chi connectivity index (χ2v) is 5.23. The van der Waals surface area contributed by atoms with E-state index in [1.54, 1.807) is 12.1 Å². The van der Waals surface area contributed by atoms with Crippen LogP contribution in [0.3, 0.4) is 0 Å². The van der Waals surface area contributed by atoms with Gasteiger partial charge >= 0.3 is 0 Å². The summed E-state index contributed by atoms with van der Waals surface area (Å²) in [4.78, 5) is 0. The van der Waals surface area contributed by atoms with Crippen LogP contribution in [0.5, 0.6) is 5.75 Å². The van der Waals surface area contributed by atoms with Crippen LogP contribution >= 0.6 is 0 Å². The van der Waals surface area contributed by atoms with Gasteiger partial charge < -0.3 is 9.94 Å². The van der Waals surface area contributed by atoms with Crippen LogP contribution in [-0.2, 0) is 6.61 Å². The maximum atomic E-state index is 9.01. The highest BCUT2D eigenvalue weighted by Crippen LogP contribution is 2.21. The van der Waals surface area contributed by atoms with E-state index in [-0.39, 0.29) is 5.71 Å². The summed E-state index contributed by atoms with van der Waals surface area (Å²) in [6.45, 7) is 4.56. The van der Waals surface area contributed by atoms with Crippen molar-refractivity contribution in [2.45, 2.75) is 26.4 Å². The summed E-state index contributed by atoms with van der Waals surface area (Å²) in [7, 11) is 0. The first kappa shape index (κ1) is 15.6. The van der Waals surface area contributed by atoms with Crippen LogP contribution in [0.15, 0.2) is 53.7 Å². The van der Waals surface area contributed by atoms with Crippen molar-refractivity contribution in [3.63, 3.8) is 0 Å². The maximum Gasteiger partial charge on any atom is 0.187 e. The minimum atomic E-state index is -0.0184. The van der Waals surface area contributed by atoms with Crippen molar-refractivity contribution < 1.29 is 9.94 Å². The molecule has 4 nitrogen and oxygen atoms in total. The van der Waals surface area contributed by atoms with Crippen LogP contribution in [0.4, 0.5) is 0 Å². The molecule has 0 atom stereocenters. The SMILES string of the molecule is CC(C)c1cccc(OCc2ccccc2/C(C#N)=N\O)c1. The fourth-order valence-corrected chi connectivity index (χ4v) is 2.14. The summed E-state index contributed by atoms with van der Waals surface area (Å²) in [5.74, 6) is 1.21. The maximum absolute atomic E-state index is 9.01. The molecule has 0 aliphatic heterocycles. The van der Waals surface area contributed by atoms with Crippen LogP contribution in [0.25, 0.3) is 0 Å². The molecule has 0 spiro atoms. The lowest BCUT2D eigenvalue weighted by atomic mass is 10.0. The molecule has 0 aliphatic carbocycles. The van der Waals surface area contributed by atoms with E-state index in [2.05, 4.69) is 25.1 Å². The largest absolute Gasteiger partial charge is 0.489 e. The van der Waals surface area contributed by atoms with Crippen LogP contribution < -0.4 is 4.74 Å². The highest BCUT2D eigenvalue weighted by Gasteiger charge is 2.10. The van der Waals surface area contributed by atoms with Crippen molar-refractivity contribution in [3.8, 4) is 11.8 Å². The molecular formula is C18H18N2O2. The zero-order valence-electron chi connectivity index (χ0n) is 12.7. The summed E-state index contributed by atoms with van der Waals surface area (Å²) in [5.41, 5.74) is 2.56. The van der Waals surface area contributed by atoms with E-state index in [4.69, 9.17) is 15.2 Å². The molecule has 0 unspecified atom stereocenters. The summed E-state index contributed by atoms with van der Waals surface area (Å²) >= 11 is 0. The Morgan fingerprint density at radius 3 is 2.68 bits per heavy atom. The number of oxime groups is 1. The second kappa shape index (κ2) is 7.28. The monoisotopic (exact) mass is 294 g/mol. The van der Waals surface area contributed by atoms with E-state index in [0.717, 1.165) is 11.3 Å². The first-order valence-corrected chi connectivity index (χ1v) is 7.09. The fourth-order valence-electron chi connectivity index (χ4n) is 2.14. The first-order chi connectivity index (χ1) is 10.7. The van der Waals surface area contributed by atoms with E-state index in [1.165, 1.54) is 5.56 Å². The Morgan fingerprint density at radius 1 is 1.23 bits per heavy atom. The molecule has 0 heterocycles. The van der Waals surface area contributed by atoms with Gasteiger partial charge in [0.1, 0.15) is 18.4 Å². The van der Waals surface area contributed by atoms with Crippen LogP contribution in [0, 0.1) is 11.3 Å². The van der Waals surface area contributed by atoms with E-state index < -0.39 is 0 Å². The quantitative estimate of drug-likeness (QED) is 0.513. The number of nitrogens with zero attached hydrogens (tertiary/aromatic N) is 2. The van der Waals surface area contributed by atoms with Gasteiger partial charge in [-0.25, -0.2) is 0 Å². The van der Waals surface area contributed by atoms with Gasteiger partial charge in [-0.2, -0.15) is 5.26 Å². The van der Waals surface area contributed by atoms with Crippen molar-refractivity contribution in [3.05, 3.63) is 65.2 Å². The highest BCUT2D eigenvalue weighted by molar-refractivity contribution is 6.12. The van der Waals surface area contributed by atoms with Gasteiger partial charge in [0.15, 0.2) is 5.71 Å². The van der Waals surface area contributed by atoms with Crippen LogP contribution in [-0.4, -0.2) is 10.9 Å². The van der Waals surface area contributed by atoms with E-state index >= 15 is 0 Å². The molecule has 112 valence electrons. The molecule has 0 saturated carbocycles.